The molecule has 5 aromatic rings. The van der Waals surface area contributed by atoms with Gasteiger partial charge < -0.3 is 15.3 Å². The summed E-state index contributed by atoms with van der Waals surface area (Å²) in [6, 6.07) is 26.7. The third-order valence-electron chi connectivity index (χ3n) is 7.96. The lowest BCUT2D eigenvalue weighted by molar-refractivity contribution is 0.0691. The van der Waals surface area contributed by atoms with E-state index in [9.17, 15) is 18.8 Å². The summed E-state index contributed by atoms with van der Waals surface area (Å²) < 4.78 is 15.3. The molecule has 1 fully saturated rings. The predicted octanol–water partition coefficient (Wildman–Crippen LogP) is 7.30. The summed E-state index contributed by atoms with van der Waals surface area (Å²) in [6.07, 6.45) is 3.07. The Hall–Kier alpha value is -5.28. The standard InChI is InChI=1S/C35H28ClFN4O4/c36-31-15-14-27(20-29(31)34(43)40-18-16-23(17-19-40)22-6-8-25(9-7-22)35(44)45)38-33(42)30-21-41(28-4-2-1-3-5-28)39-32(30)24-10-12-26(37)13-11-24/h1-15,20-21,23H,16-19H2,(H,38,42)(H,44,45). The first-order valence-corrected chi connectivity index (χ1v) is 14.8. The van der Waals surface area contributed by atoms with E-state index in [4.69, 9.17) is 16.7 Å². The van der Waals surface area contributed by atoms with Crippen LogP contribution in [0.25, 0.3) is 16.9 Å². The highest BCUT2D eigenvalue weighted by Gasteiger charge is 2.27. The van der Waals surface area contributed by atoms with Gasteiger partial charge in [-0.1, -0.05) is 41.9 Å². The summed E-state index contributed by atoms with van der Waals surface area (Å²) in [5, 5.41) is 16.9. The van der Waals surface area contributed by atoms with Crippen LogP contribution in [0.4, 0.5) is 10.1 Å². The van der Waals surface area contributed by atoms with Crippen molar-refractivity contribution in [3.05, 3.63) is 136 Å². The van der Waals surface area contributed by atoms with E-state index in [1.54, 1.807) is 58.2 Å². The van der Waals surface area contributed by atoms with Crippen molar-refractivity contribution in [2.75, 3.05) is 18.4 Å². The number of carbonyl (C=O) groups is 3. The molecule has 226 valence electrons. The summed E-state index contributed by atoms with van der Waals surface area (Å²) >= 11 is 6.47. The van der Waals surface area contributed by atoms with Crippen LogP contribution >= 0.6 is 11.6 Å². The van der Waals surface area contributed by atoms with Crippen LogP contribution in [-0.2, 0) is 0 Å². The molecule has 1 aliphatic heterocycles. The van der Waals surface area contributed by atoms with Gasteiger partial charge in [0.15, 0.2) is 0 Å². The summed E-state index contributed by atoms with van der Waals surface area (Å²) in [5.74, 6) is -1.84. The molecule has 1 aromatic heterocycles. The van der Waals surface area contributed by atoms with Crippen LogP contribution in [0.3, 0.4) is 0 Å². The second-order valence-electron chi connectivity index (χ2n) is 10.8. The third kappa shape index (κ3) is 6.49. The monoisotopic (exact) mass is 622 g/mol. The molecule has 2 heterocycles. The van der Waals surface area contributed by atoms with Crippen molar-refractivity contribution in [3.63, 3.8) is 0 Å². The van der Waals surface area contributed by atoms with Gasteiger partial charge >= 0.3 is 5.97 Å². The van der Waals surface area contributed by atoms with Gasteiger partial charge in [-0.2, -0.15) is 5.10 Å². The second-order valence-corrected chi connectivity index (χ2v) is 11.2. The molecule has 4 aromatic carbocycles. The summed E-state index contributed by atoms with van der Waals surface area (Å²) in [5.41, 5.74) is 3.92. The Kier molecular flexibility index (Phi) is 8.44. The van der Waals surface area contributed by atoms with Gasteiger partial charge in [-0.25, -0.2) is 13.9 Å². The summed E-state index contributed by atoms with van der Waals surface area (Å²) in [6.45, 7) is 1.02. The number of halogens is 2. The number of carboxylic acids is 1. The predicted molar refractivity (Wildman–Crippen MR) is 170 cm³/mol. The van der Waals surface area contributed by atoms with Crippen molar-refractivity contribution in [2.45, 2.75) is 18.8 Å². The molecule has 0 bridgehead atoms. The first kappa shape index (κ1) is 29.8. The molecule has 0 aliphatic carbocycles. The van der Waals surface area contributed by atoms with Crippen LogP contribution in [0.5, 0.6) is 0 Å². The van der Waals surface area contributed by atoms with E-state index >= 15 is 0 Å². The average Bonchev–Trinajstić information content (AvgIpc) is 3.52. The molecular formula is C35H28ClFN4O4. The number of carboxylic acid groups (broad SMARTS) is 1. The number of aromatic nitrogens is 2. The van der Waals surface area contributed by atoms with Gasteiger partial charge in [-0.05, 0) is 91.1 Å². The van der Waals surface area contributed by atoms with E-state index in [1.165, 1.54) is 12.1 Å². The number of anilines is 1. The molecule has 1 aliphatic rings. The first-order valence-electron chi connectivity index (χ1n) is 14.4. The SMILES string of the molecule is O=C(O)c1ccc(C2CCN(C(=O)c3cc(NC(=O)c4cn(-c5ccccc5)nc4-c4ccc(F)cc4)ccc3Cl)CC2)cc1. The van der Waals surface area contributed by atoms with E-state index in [2.05, 4.69) is 10.4 Å². The maximum absolute atomic E-state index is 13.7. The number of benzene rings is 4. The van der Waals surface area contributed by atoms with E-state index in [0.717, 1.165) is 24.1 Å². The summed E-state index contributed by atoms with van der Waals surface area (Å²) in [4.78, 5) is 40.1. The van der Waals surface area contributed by atoms with Crippen molar-refractivity contribution in [1.29, 1.82) is 0 Å². The number of nitrogens with one attached hydrogen (secondary N) is 1. The Labute approximate surface area is 263 Å². The number of nitrogens with zero attached hydrogens (tertiary/aromatic N) is 3. The number of para-hydroxylation sites is 1. The highest BCUT2D eigenvalue weighted by atomic mass is 35.5. The highest BCUT2D eigenvalue weighted by Crippen LogP contribution is 2.31. The summed E-state index contributed by atoms with van der Waals surface area (Å²) in [7, 11) is 0. The van der Waals surface area contributed by atoms with Gasteiger partial charge in [0.2, 0.25) is 0 Å². The minimum atomic E-state index is -0.965. The number of piperidine rings is 1. The molecule has 0 spiro atoms. The van der Waals surface area contributed by atoms with Gasteiger partial charge in [0.25, 0.3) is 11.8 Å². The van der Waals surface area contributed by atoms with Crippen molar-refractivity contribution in [1.82, 2.24) is 14.7 Å². The molecule has 1 saturated heterocycles. The number of likely N-dealkylation sites (tertiary alicyclic amines) is 1. The number of hydrogen-bond donors (Lipinski definition) is 2. The molecule has 0 unspecified atom stereocenters. The molecule has 0 saturated carbocycles. The zero-order valence-corrected chi connectivity index (χ0v) is 24.7. The van der Waals surface area contributed by atoms with E-state index in [-0.39, 0.29) is 33.5 Å². The van der Waals surface area contributed by atoms with Crippen LogP contribution in [0.1, 0.15) is 55.4 Å². The zero-order valence-electron chi connectivity index (χ0n) is 24.0. The van der Waals surface area contributed by atoms with E-state index in [1.807, 2.05) is 42.5 Å². The fourth-order valence-corrected chi connectivity index (χ4v) is 5.72. The minimum absolute atomic E-state index is 0.213. The largest absolute Gasteiger partial charge is 0.478 e. The highest BCUT2D eigenvalue weighted by molar-refractivity contribution is 6.34. The molecular weight excluding hydrogens is 595 g/mol. The number of hydrogen-bond acceptors (Lipinski definition) is 4. The molecule has 2 N–H and O–H groups in total. The molecule has 6 rings (SSSR count). The molecule has 0 atom stereocenters. The van der Waals surface area contributed by atoms with Crippen LogP contribution < -0.4 is 5.32 Å². The van der Waals surface area contributed by atoms with Crippen LogP contribution in [0, 0.1) is 5.82 Å². The number of aromatic carboxylic acids is 1. The Morgan fingerprint density at radius 1 is 0.867 bits per heavy atom. The van der Waals surface area contributed by atoms with E-state index < -0.39 is 17.7 Å². The maximum Gasteiger partial charge on any atom is 0.335 e. The van der Waals surface area contributed by atoms with Gasteiger partial charge in [0.1, 0.15) is 11.5 Å². The number of rotatable bonds is 7. The van der Waals surface area contributed by atoms with E-state index in [0.29, 0.717) is 30.0 Å². The molecule has 0 radical (unpaired) electrons. The maximum atomic E-state index is 13.7. The third-order valence-corrected chi connectivity index (χ3v) is 8.29. The van der Waals surface area contributed by atoms with Gasteiger partial charge in [-0.3, -0.25) is 9.59 Å². The van der Waals surface area contributed by atoms with Crippen molar-refractivity contribution >= 4 is 35.1 Å². The average molecular weight is 623 g/mol. The minimum Gasteiger partial charge on any atom is -0.478 e. The molecule has 45 heavy (non-hydrogen) atoms. The van der Waals surface area contributed by atoms with Crippen molar-refractivity contribution in [3.8, 4) is 16.9 Å². The number of amides is 2. The van der Waals surface area contributed by atoms with Crippen LogP contribution in [0.15, 0.2) is 103 Å². The van der Waals surface area contributed by atoms with Gasteiger partial charge in [0, 0.05) is 30.5 Å². The van der Waals surface area contributed by atoms with Crippen molar-refractivity contribution < 1.29 is 23.9 Å². The number of carbonyl (C=O) groups excluding carboxylic acids is 2. The topological polar surface area (TPSA) is 105 Å². The lowest BCUT2D eigenvalue weighted by atomic mass is 9.89. The quantitative estimate of drug-likeness (QED) is 0.198. The lowest BCUT2D eigenvalue weighted by Gasteiger charge is -2.32. The molecule has 8 nitrogen and oxygen atoms in total. The molecule has 10 heteroatoms. The van der Waals surface area contributed by atoms with Crippen LogP contribution in [-0.4, -0.2) is 50.7 Å². The Bertz CT molecular complexity index is 1870. The first-order chi connectivity index (χ1) is 21.8. The smallest absolute Gasteiger partial charge is 0.335 e. The fourth-order valence-electron chi connectivity index (χ4n) is 5.52. The fraction of sp³-hybridized carbons (Fsp3) is 0.143. The Morgan fingerprint density at radius 2 is 1.56 bits per heavy atom. The lowest BCUT2D eigenvalue weighted by Crippen LogP contribution is -2.38. The van der Waals surface area contributed by atoms with Gasteiger partial charge in [0.05, 0.1) is 27.4 Å². The van der Waals surface area contributed by atoms with Crippen molar-refractivity contribution in [2.24, 2.45) is 0 Å². The normalized spacial score (nSPS) is 13.4. The Balaban J connectivity index is 1.19. The van der Waals surface area contributed by atoms with Gasteiger partial charge in [-0.15, -0.1) is 0 Å². The molecule has 2 amide bonds. The second kappa shape index (κ2) is 12.8. The Morgan fingerprint density at radius 3 is 2.22 bits per heavy atom. The zero-order chi connectivity index (χ0) is 31.5. The van der Waals surface area contributed by atoms with Crippen LogP contribution in [0.2, 0.25) is 5.02 Å².